The van der Waals surface area contributed by atoms with E-state index in [4.69, 9.17) is 5.73 Å². The molecule has 0 bridgehead atoms. The standard InChI is InChI=1S/C18H14F3NO.C5H5N5/c1-2-4-13-9-11-5-3-6-15(21)17(11)18(23)22(13)16-10-12(19)7-8-14(16)20;6-4-3-5(9-1-7-3)10-2-8-4/h3,5-10H,2,4H2,1H3;1-2H,(H3,6,7,8,9,10). The Labute approximate surface area is 185 Å². The minimum Gasteiger partial charge on any atom is -0.382 e. The lowest BCUT2D eigenvalue weighted by molar-refractivity contribution is 0.588. The van der Waals surface area contributed by atoms with Gasteiger partial charge < -0.3 is 10.7 Å². The third-order valence-electron chi connectivity index (χ3n) is 4.98. The molecule has 0 atom stereocenters. The zero-order chi connectivity index (χ0) is 23.5. The number of fused-ring (bicyclic) bond motifs is 2. The van der Waals surface area contributed by atoms with Crippen molar-refractivity contribution >= 4 is 27.8 Å². The molecular weight excluding hydrogens is 433 g/mol. The first-order valence-electron chi connectivity index (χ1n) is 10.1. The molecular formula is C23H19F3N6O. The average molecular weight is 452 g/mol. The van der Waals surface area contributed by atoms with E-state index in [1.54, 1.807) is 12.1 Å². The van der Waals surface area contributed by atoms with Gasteiger partial charge in [0, 0.05) is 11.8 Å². The molecule has 168 valence electrons. The van der Waals surface area contributed by atoms with Crippen LogP contribution in [-0.4, -0.2) is 24.5 Å². The summed E-state index contributed by atoms with van der Waals surface area (Å²) in [5.41, 5.74) is 6.40. The number of nitrogens with one attached hydrogen (secondary N) is 1. The molecule has 0 aliphatic carbocycles. The van der Waals surface area contributed by atoms with Crippen LogP contribution < -0.4 is 11.3 Å². The number of nitrogens with two attached hydrogens (primary N) is 1. The van der Waals surface area contributed by atoms with E-state index in [9.17, 15) is 18.0 Å². The van der Waals surface area contributed by atoms with E-state index in [0.717, 1.165) is 22.8 Å². The number of halogens is 3. The van der Waals surface area contributed by atoms with Crippen LogP contribution in [-0.2, 0) is 6.42 Å². The van der Waals surface area contributed by atoms with Crippen molar-refractivity contribution in [1.82, 2.24) is 24.5 Å². The van der Waals surface area contributed by atoms with Gasteiger partial charge in [0.05, 0.1) is 17.4 Å². The molecule has 5 rings (SSSR count). The van der Waals surface area contributed by atoms with Crippen LogP contribution in [0.5, 0.6) is 0 Å². The first-order valence-corrected chi connectivity index (χ1v) is 10.1. The van der Waals surface area contributed by atoms with Crippen molar-refractivity contribution in [1.29, 1.82) is 0 Å². The number of imidazole rings is 1. The third-order valence-corrected chi connectivity index (χ3v) is 4.98. The zero-order valence-corrected chi connectivity index (χ0v) is 17.5. The van der Waals surface area contributed by atoms with Gasteiger partial charge in [-0.15, -0.1) is 0 Å². The summed E-state index contributed by atoms with van der Waals surface area (Å²) in [7, 11) is 0. The molecule has 0 saturated carbocycles. The number of hydrogen-bond acceptors (Lipinski definition) is 5. The quantitative estimate of drug-likeness (QED) is 0.425. The maximum atomic E-state index is 14.1. The van der Waals surface area contributed by atoms with Gasteiger partial charge in [-0.25, -0.2) is 28.1 Å². The molecule has 2 aromatic carbocycles. The van der Waals surface area contributed by atoms with Crippen LogP contribution in [0.4, 0.5) is 19.0 Å². The number of benzene rings is 2. The Morgan fingerprint density at radius 3 is 2.61 bits per heavy atom. The predicted octanol–water partition coefficient (Wildman–Crippen LogP) is 4.30. The van der Waals surface area contributed by atoms with Crippen molar-refractivity contribution in [2.24, 2.45) is 0 Å². The normalized spacial score (nSPS) is 10.9. The SMILES string of the molecule is CCCc1cc2cccc(F)c2c(=O)n1-c1cc(F)ccc1F.Nc1ncnc2nc[nH]c12. The Morgan fingerprint density at radius 1 is 1.03 bits per heavy atom. The van der Waals surface area contributed by atoms with Crippen LogP contribution in [0.15, 0.2) is 59.9 Å². The maximum absolute atomic E-state index is 14.1. The first kappa shape index (κ1) is 22.0. The zero-order valence-electron chi connectivity index (χ0n) is 17.5. The highest BCUT2D eigenvalue weighted by Gasteiger charge is 2.16. The lowest BCUT2D eigenvalue weighted by Crippen LogP contribution is -2.24. The van der Waals surface area contributed by atoms with Crippen LogP contribution in [0, 0.1) is 17.5 Å². The van der Waals surface area contributed by atoms with Gasteiger partial charge >= 0.3 is 0 Å². The van der Waals surface area contributed by atoms with Crippen molar-refractivity contribution in [3.8, 4) is 5.69 Å². The fraction of sp³-hybridized carbons (Fsp3) is 0.130. The highest BCUT2D eigenvalue weighted by molar-refractivity contribution is 5.83. The Morgan fingerprint density at radius 2 is 1.85 bits per heavy atom. The molecule has 33 heavy (non-hydrogen) atoms. The Balaban J connectivity index is 0.000000214. The summed E-state index contributed by atoms with van der Waals surface area (Å²) < 4.78 is 42.8. The van der Waals surface area contributed by atoms with Crippen molar-refractivity contribution in [2.75, 3.05) is 5.73 Å². The number of nitrogens with zero attached hydrogens (tertiary/aromatic N) is 4. The van der Waals surface area contributed by atoms with Crippen LogP contribution in [0.1, 0.15) is 19.0 Å². The van der Waals surface area contributed by atoms with Crippen LogP contribution in [0.3, 0.4) is 0 Å². The fourth-order valence-electron chi connectivity index (χ4n) is 3.52. The summed E-state index contributed by atoms with van der Waals surface area (Å²) in [6, 6.07) is 8.85. The maximum Gasteiger partial charge on any atom is 0.266 e. The van der Waals surface area contributed by atoms with Crippen molar-refractivity contribution in [3.63, 3.8) is 0 Å². The molecule has 7 nitrogen and oxygen atoms in total. The number of anilines is 1. The van der Waals surface area contributed by atoms with Gasteiger partial charge in [0.2, 0.25) is 0 Å². The minimum atomic E-state index is -0.735. The highest BCUT2D eigenvalue weighted by Crippen LogP contribution is 2.21. The molecule has 3 aromatic heterocycles. The van der Waals surface area contributed by atoms with Crippen molar-refractivity contribution < 1.29 is 13.2 Å². The second-order valence-electron chi connectivity index (χ2n) is 7.19. The van der Waals surface area contributed by atoms with Crippen LogP contribution >= 0.6 is 0 Å². The number of hydrogen-bond donors (Lipinski definition) is 2. The van der Waals surface area contributed by atoms with E-state index in [0.29, 0.717) is 40.9 Å². The van der Waals surface area contributed by atoms with E-state index in [1.165, 1.54) is 24.8 Å². The van der Waals surface area contributed by atoms with Crippen molar-refractivity contribution in [3.05, 3.63) is 88.6 Å². The summed E-state index contributed by atoms with van der Waals surface area (Å²) in [6.07, 6.45) is 4.11. The number of H-pyrrole nitrogens is 1. The summed E-state index contributed by atoms with van der Waals surface area (Å²) in [5, 5.41) is 0.322. The van der Waals surface area contributed by atoms with Gasteiger partial charge in [0.15, 0.2) is 11.5 Å². The monoisotopic (exact) mass is 452 g/mol. The number of nitrogen functional groups attached to an aromatic ring is 1. The van der Waals surface area contributed by atoms with Gasteiger partial charge in [-0.05, 0) is 36.1 Å². The number of aromatic nitrogens is 5. The molecule has 0 spiro atoms. The molecule has 10 heteroatoms. The number of pyridine rings is 1. The topological polar surface area (TPSA) is 102 Å². The minimum absolute atomic E-state index is 0.129. The number of aryl methyl sites for hydroxylation is 1. The molecule has 0 unspecified atom stereocenters. The van der Waals surface area contributed by atoms with Crippen LogP contribution in [0.2, 0.25) is 0 Å². The van der Waals surface area contributed by atoms with E-state index >= 15 is 0 Å². The Kier molecular flexibility index (Phi) is 6.07. The summed E-state index contributed by atoms with van der Waals surface area (Å²) in [5.74, 6) is -1.64. The molecule has 0 amide bonds. The summed E-state index contributed by atoms with van der Waals surface area (Å²) in [4.78, 5) is 27.1. The molecule has 0 aliphatic rings. The smallest absolute Gasteiger partial charge is 0.266 e. The van der Waals surface area contributed by atoms with Gasteiger partial charge in [0.1, 0.15) is 29.3 Å². The molecule has 0 aliphatic heterocycles. The second kappa shape index (κ2) is 9.11. The largest absolute Gasteiger partial charge is 0.382 e. The molecule has 3 N–H and O–H groups in total. The van der Waals surface area contributed by atoms with Crippen LogP contribution in [0.25, 0.3) is 27.6 Å². The summed E-state index contributed by atoms with van der Waals surface area (Å²) in [6.45, 7) is 1.91. The average Bonchev–Trinajstić information content (AvgIpc) is 3.27. The van der Waals surface area contributed by atoms with Crippen molar-refractivity contribution in [2.45, 2.75) is 19.8 Å². The fourth-order valence-corrected chi connectivity index (χ4v) is 3.52. The predicted molar refractivity (Wildman–Crippen MR) is 120 cm³/mol. The first-order chi connectivity index (χ1) is 15.9. The second-order valence-corrected chi connectivity index (χ2v) is 7.19. The molecule has 5 aromatic rings. The lowest BCUT2D eigenvalue weighted by Gasteiger charge is -2.15. The van der Waals surface area contributed by atoms with E-state index < -0.39 is 23.0 Å². The Hall–Kier alpha value is -4.21. The Bertz CT molecular complexity index is 1510. The van der Waals surface area contributed by atoms with Gasteiger partial charge in [-0.3, -0.25) is 9.36 Å². The van der Waals surface area contributed by atoms with Gasteiger partial charge in [0.25, 0.3) is 5.56 Å². The van der Waals surface area contributed by atoms with Gasteiger partial charge in [-0.2, -0.15) is 0 Å². The number of aromatic amines is 1. The molecule has 0 saturated heterocycles. The van der Waals surface area contributed by atoms with E-state index in [1.807, 2.05) is 6.92 Å². The molecule has 3 heterocycles. The lowest BCUT2D eigenvalue weighted by atomic mass is 10.1. The third kappa shape index (κ3) is 4.27. The highest BCUT2D eigenvalue weighted by atomic mass is 19.1. The molecule has 0 fully saturated rings. The van der Waals surface area contributed by atoms with E-state index in [-0.39, 0.29) is 11.1 Å². The van der Waals surface area contributed by atoms with E-state index in [2.05, 4.69) is 19.9 Å². The van der Waals surface area contributed by atoms with Gasteiger partial charge in [-0.1, -0.05) is 25.5 Å². The summed E-state index contributed by atoms with van der Waals surface area (Å²) >= 11 is 0. The number of rotatable bonds is 3. The molecule has 0 radical (unpaired) electrons.